The summed E-state index contributed by atoms with van der Waals surface area (Å²) in [5, 5.41) is 13.9. The number of aliphatic hydroxyl groups is 1. The van der Waals surface area contributed by atoms with Gasteiger partial charge < -0.3 is 28.8 Å². The Labute approximate surface area is 473 Å². The minimum absolute atomic E-state index is 0.00514. The predicted molar refractivity (Wildman–Crippen MR) is 330 cm³/mol. The van der Waals surface area contributed by atoms with Crippen LogP contribution in [-0.2, 0) is 18.4 Å². The number of amides is 1. The van der Waals surface area contributed by atoms with Crippen molar-refractivity contribution in [3.63, 3.8) is 0 Å². The summed E-state index contributed by atoms with van der Waals surface area (Å²) in [5.41, 5.74) is 0. The average Bonchev–Trinajstić information content (AvgIpc) is 3.38. The first-order valence-electron chi connectivity index (χ1n) is 33.0. The lowest BCUT2D eigenvalue weighted by molar-refractivity contribution is -0.870. The highest BCUT2D eigenvalue weighted by atomic mass is 31.2. The fourth-order valence-electron chi connectivity index (χ4n) is 9.85. The lowest BCUT2D eigenvalue weighted by atomic mass is 10.0. The predicted octanol–water partition coefficient (Wildman–Crippen LogP) is 20.0. The van der Waals surface area contributed by atoms with Crippen LogP contribution in [0.15, 0.2) is 48.6 Å². The third-order valence-electron chi connectivity index (χ3n) is 15.0. The monoisotopic (exact) mass is 1090 g/mol. The van der Waals surface area contributed by atoms with Crippen LogP contribution in [0.2, 0.25) is 0 Å². The Morgan fingerprint density at radius 3 is 1.14 bits per heavy atom. The Morgan fingerprint density at radius 2 is 0.776 bits per heavy atom. The summed E-state index contributed by atoms with van der Waals surface area (Å²) < 4.78 is 23.4. The Bertz CT molecular complexity index is 1380. The molecule has 0 radical (unpaired) electrons. The highest BCUT2D eigenvalue weighted by Gasteiger charge is 2.23. The third-order valence-corrected chi connectivity index (χ3v) is 16.0. The zero-order valence-electron chi connectivity index (χ0n) is 51.2. The molecule has 3 unspecified atom stereocenters. The summed E-state index contributed by atoms with van der Waals surface area (Å²) in [7, 11) is 1.26. The van der Waals surface area contributed by atoms with Gasteiger partial charge in [-0.2, -0.15) is 0 Å². The van der Waals surface area contributed by atoms with Crippen LogP contribution in [-0.4, -0.2) is 68.5 Å². The van der Waals surface area contributed by atoms with E-state index in [1.807, 2.05) is 27.2 Å². The Kier molecular flexibility index (Phi) is 56.9. The highest BCUT2D eigenvalue weighted by Crippen LogP contribution is 2.38. The van der Waals surface area contributed by atoms with E-state index in [2.05, 4.69) is 55.6 Å². The van der Waals surface area contributed by atoms with E-state index in [-0.39, 0.29) is 19.1 Å². The van der Waals surface area contributed by atoms with Crippen molar-refractivity contribution in [2.24, 2.45) is 0 Å². The van der Waals surface area contributed by atoms with Crippen LogP contribution in [0.4, 0.5) is 0 Å². The van der Waals surface area contributed by atoms with Gasteiger partial charge in [0.05, 0.1) is 39.9 Å². The first kappa shape index (κ1) is 74.5. The van der Waals surface area contributed by atoms with Crippen LogP contribution < -0.4 is 10.2 Å². The number of carbonyl (C=O) groups is 1. The molecular weight excluding hydrogens is 960 g/mol. The molecule has 1 amide bonds. The Balaban J connectivity index is 4.02. The molecule has 0 heterocycles. The normalized spacial score (nSPS) is 14.0. The summed E-state index contributed by atoms with van der Waals surface area (Å²) in [6.45, 7) is 4.66. The van der Waals surface area contributed by atoms with Gasteiger partial charge in [-0.15, -0.1) is 0 Å². The second-order valence-corrected chi connectivity index (χ2v) is 25.2. The molecule has 0 fully saturated rings. The van der Waals surface area contributed by atoms with Gasteiger partial charge in [0.25, 0.3) is 7.82 Å². The van der Waals surface area contributed by atoms with E-state index in [0.717, 1.165) is 44.9 Å². The van der Waals surface area contributed by atoms with Gasteiger partial charge in [0.2, 0.25) is 5.91 Å². The summed E-state index contributed by atoms with van der Waals surface area (Å²) in [4.78, 5) is 25.6. The lowest BCUT2D eigenvalue weighted by Crippen LogP contribution is -2.45. The molecule has 9 heteroatoms. The molecule has 0 aliphatic carbocycles. The number of allylic oxidation sites excluding steroid dienone is 7. The maximum atomic E-state index is 13.0. The smallest absolute Gasteiger partial charge is 0.268 e. The van der Waals surface area contributed by atoms with Crippen molar-refractivity contribution >= 4 is 13.7 Å². The minimum Gasteiger partial charge on any atom is -0.756 e. The van der Waals surface area contributed by atoms with E-state index in [1.165, 1.54) is 257 Å². The topological polar surface area (TPSA) is 108 Å². The molecule has 0 aromatic carbocycles. The van der Waals surface area contributed by atoms with Crippen molar-refractivity contribution in [2.75, 3.05) is 40.9 Å². The number of nitrogens with zero attached hydrogens (tertiary/aromatic N) is 1. The molecule has 0 bridgehead atoms. The number of carbonyl (C=O) groups excluding carboxylic acids is 1. The maximum absolute atomic E-state index is 13.0. The van der Waals surface area contributed by atoms with E-state index >= 15 is 0 Å². The van der Waals surface area contributed by atoms with Gasteiger partial charge in [-0.25, -0.2) is 0 Å². The molecule has 76 heavy (non-hydrogen) atoms. The standard InChI is InChI=1S/C67H129N2O6P/c1-6-8-10-12-14-16-18-20-22-24-26-27-28-29-30-31-32-33-34-35-36-37-38-39-40-41-43-45-47-49-51-53-55-57-59-61-67(71)68-65(64-75-76(72,73)74-63-62-69(3,4)5)66(70)60-58-56-54-52-50-48-46-44-42-25-23-21-19-17-15-13-11-9-7-2/h18,20,24,26,50,52,58,60,65-66,70H,6-17,19,21-23,25,27-49,51,53-57,59,61-64H2,1-5H3,(H-,68,71,72,73)/b20-18-,26-24-,52-50+,60-58+. The second kappa shape index (κ2) is 58.1. The van der Waals surface area contributed by atoms with E-state index in [0.29, 0.717) is 17.4 Å². The van der Waals surface area contributed by atoms with Crippen LogP contribution in [0.1, 0.15) is 322 Å². The third kappa shape index (κ3) is 60.1. The molecule has 0 rings (SSSR count). The maximum Gasteiger partial charge on any atom is 0.268 e. The van der Waals surface area contributed by atoms with Crippen molar-refractivity contribution < 1.29 is 32.9 Å². The van der Waals surface area contributed by atoms with E-state index in [9.17, 15) is 19.4 Å². The number of rotatable bonds is 61. The summed E-state index contributed by atoms with van der Waals surface area (Å²) in [6, 6.07) is -0.903. The Morgan fingerprint density at radius 1 is 0.461 bits per heavy atom. The number of hydrogen-bond donors (Lipinski definition) is 2. The van der Waals surface area contributed by atoms with Crippen LogP contribution in [0.25, 0.3) is 0 Å². The van der Waals surface area contributed by atoms with Crippen molar-refractivity contribution in [1.29, 1.82) is 0 Å². The summed E-state index contributed by atoms with van der Waals surface area (Å²) in [5.74, 6) is -0.202. The fourth-order valence-corrected chi connectivity index (χ4v) is 10.6. The first-order valence-corrected chi connectivity index (χ1v) is 34.5. The SMILES string of the molecule is CCCCCCC/C=C\C/C=C\CCCCCCCCCCCCCCCCCCCCCCCCCC(=O)NC(COP(=O)([O-])OCC[N+](C)(C)C)C(O)/C=C/CC/C=C/CCCCCCCCCCCCCCC. The lowest BCUT2D eigenvalue weighted by Gasteiger charge is -2.29. The van der Waals surface area contributed by atoms with Gasteiger partial charge in [0, 0.05) is 6.42 Å². The number of phosphoric ester groups is 1. The second-order valence-electron chi connectivity index (χ2n) is 23.8. The molecule has 0 aliphatic heterocycles. The molecule has 448 valence electrons. The van der Waals surface area contributed by atoms with Crippen LogP contribution in [0.3, 0.4) is 0 Å². The molecule has 2 N–H and O–H groups in total. The number of quaternary nitrogens is 1. The number of nitrogens with one attached hydrogen (secondary N) is 1. The molecule has 3 atom stereocenters. The number of likely N-dealkylation sites (N-methyl/N-ethyl adjacent to an activating group) is 1. The van der Waals surface area contributed by atoms with Crippen LogP contribution in [0.5, 0.6) is 0 Å². The zero-order valence-corrected chi connectivity index (χ0v) is 52.1. The molecular formula is C67H129N2O6P. The van der Waals surface area contributed by atoms with Gasteiger partial charge >= 0.3 is 0 Å². The van der Waals surface area contributed by atoms with Gasteiger partial charge in [-0.3, -0.25) is 9.36 Å². The number of unbranched alkanes of at least 4 members (excludes halogenated alkanes) is 42. The van der Waals surface area contributed by atoms with Gasteiger partial charge in [-0.1, -0.05) is 300 Å². The van der Waals surface area contributed by atoms with Crippen molar-refractivity contribution in [1.82, 2.24) is 5.32 Å². The quantitative estimate of drug-likeness (QED) is 0.0272. The van der Waals surface area contributed by atoms with Crippen molar-refractivity contribution in [3.8, 4) is 0 Å². The molecule has 8 nitrogen and oxygen atoms in total. The van der Waals surface area contributed by atoms with E-state index < -0.39 is 20.0 Å². The summed E-state index contributed by atoms with van der Waals surface area (Å²) in [6.07, 6.45) is 78.0. The minimum atomic E-state index is -4.61. The molecule has 0 aromatic rings. The van der Waals surface area contributed by atoms with Crippen LogP contribution in [0, 0.1) is 0 Å². The van der Waals surface area contributed by atoms with Gasteiger partial charge in [0.15, 0.2) is 0 Å². The molecule has 0 spiro atoms. The number of phosphoric acid groups is 1. The fraction of sp³-hybridized carbons (Fsp3) is 0.866. The first-order chi connectivity index (χ1) is 37.0. The molecule has 0 aliphatic rings. The highest BCUT2D eigenvalue weighted by molar-refractivity contribution is 7.45. The summed E-state index contributed by atoms with van der Waals surface area (Å²) >= 11 is 0. The van der Waals surface area contributed by atoms with Gasteiger partial charge in [-0.05, 0) is 64.2 Å². The van der Waals surface area contributed by atoms with Crippen molar-refractivity contribution in [2.45, 2.75) is 334 Å². The number of aliphatic hydroxyl groups excluding tert-OH is 1. The van der Waals surface area contributed by atoms with E-state index in [4.69, 9.17) is 9.05 Å². The van der Waals surface area contributed by atoms with Gasteiger partial charge in [0.1, 0.15) is 13.2 Å². The largest absolute Gasteiger partial charge is 0.756 e. The van der Waals surface area contributed by atoms with E-state index in [1.54, 1.807) is 6.08 Å². The Hall–Kier alpha value is -1.54. The zero-order chi connectivity index (χ0) is 55.6. The molecule has 0 saturated heterocycles. The van der Waals surface area contributed by atoms with Crippen molar-refractivity contribution in [3.05, 3.63) is 48.6 Å². The molecule has 0 saturated carbocycles. The number of hydrogen-bond acceptors (Lipinski definition) is 6. The van der Waals surface area contributed by atoms with Crippen LogP contribution >= 0.6 is 7.82 Å². The molecule has 0 aromatic heterocycles. The average molecular weight is 1090 g/mol.